The van der Waals surface area contributed by atoms with Gasteiger partial charge in [0.2, 0.25) is 0 Å². The Morgan fingerprint density at radius 1 is 1.45 bits per heavy atom. The first kappa shape index (κ1) is 7.12. The summed E-state index contributed by atoms with van der Waals surface area (Å²) >= 11 is 0. The van der Waals surface area contributed by atoms with Gasteiger partial charge in [-0.3, -0.25) is 0 Å². The van der Waals surface area contributed by atoms with Gasteiger partial charge < -0.3 is 4.90 Å². The van der Waals surface area contributed by atoms with Crippen LogP contribution < -0.4 is 0 Å². The van der Waals surface area contributed by atoms with Gasteiger partial charge in [-0.05, 0) is 38.8 Å². The highest BCUT2D eigenvalue weighted by atomic mass is 15.2. The highest BCUT2D eigenvalue weighted by Gasteiger charge is 2.41. The summed E-state index contributed by atoms with van der Waals surface area (Å²) in [5.74, 6) is 1.08. The molecule has 2 aliphatic rings. The van der Waals surface area contributed by atoms with Crippen LogP contribution in [-0.2, 0) is 0 Å². The van der Waals surface area contributed by atoms with Crippen molar-refractivity contribution < 1.29 is 0 Å². The Balaban J connectivity index is 1.95. The minimum absolute atomic E-state index is 0.341. The smallest absolute Gasteiger partial charge is 0.0675 e. The molecule has 2 nitrogen and oxygen atoms in total. The van der Waals surface area contributed by atoms with E-state index in [1.54, 1.807) is 0 Å². The minimum atomic E-state index is 0.341. The van der Waals surface area contributed by atoms with Gasteiger partial charge in [0.05, 0.1) is 12.0 Å². The zero-order valence-corrected chi connectivity index (χ0v) is 6.95. The molecule has 11 heavy (non-hydrogen) atoms. The average molecular weight is 150 g/mol. The average Bonchev–Trinajstić information content (AvgIpc) is 2.79. The third-order valence-electron chi connectivity index (χ3n) is 3.04. The van der Waals surface area contributed by atoms with Gasteiger partial charge in [0.25, 0.3) is 0 Å². The van der Waals surface area contributed by atoms with Crippen molar-refractivity contribution in [3.8, 4) is 6.07 Å². The van der Waals surface area contributed by atoms with Gasteiger partial charge in [-0.15, -0.1) is 0 Å². The van der Waals surface area contributed by atoms with Crippen LogP contribution in [-0.4, -0.2) is 24.5 Å². The molecule has 0 aromatic heterocycles. The quantitative estimate of drug-likeness (QED) is 0.592. The summed E-state index contributed by atoms with van der Waals surface area (Å²) in [7, 11) is 2.13. The number of nitriles is 1. The molecule has 2 fully saturated rings. The molecule has 0 spiro atoms. The Hall–Kier alpha value is -0.550. The van der Waals surface area contributed by atoms with E-state index in [1.807, 2.05) is 0 Å². The summed E-state index contributed by atoms with van der Waals surface area (Å²) in [6.07, 6.45) is 3.83. The molecule has 2 heteroatoms. The van der Waals surface area contributed by atoms with Crippen molar-refractivity contribution in [1.29, 1.82) is 5.26 Å². The topological polar surface area (TPSA) is 27.0 Å². The van der Waals surface area contributed by atoms with Crippen LogP contribution in [0.25, 0.3) is 0 Å². The molecular weight excluding hydrogens is 136 g/mol. The molecule has 1 saturated heterocycles. The molecule has 2 unspecified atom stereocenters. The SMILES string of the molecule is CN1CCC1C(C#N)C1CC1. The van der Waals surface area contributed by atoms with Gasteiger partial charge in [-0.1, -0.05) is 0 Å². The van der Waals surface area contributed by atoms with Crippen molar-refractivity contribution in [2.24, 2.45) is 11.8 Å². The molecular formula is C9H14N2. The number of hydrogen-bond donors (Lipinski definition) is 0. The Bertz CT molecular complexity index is 190. The van der Waals surface area contributed by atoms with Crippen LogP contribution in [0.1, 0.15) is 19.3 Å². The van der Waals surface area contributed by atoms with Crippen molar-refractivity contribution in [1.82, 2.24) is 4.90 Å². The van der Waals surface area contributed by atoms with E-state index in [9.17, 15) is 0 Å². The maximum atomic E-state index is 8.91. The Morgan fingerprint density at radius 3 is 2.45 bits per heavy atom. The van der Waals surface area contributed by atoms with E-state index < -0.39 is 0 Å². The van der Waals surface area contributed by atoms with Gasteiger partial charge in [0.1, 0.15) is 0 Å². The van der Waals surface area contributed by atoms with E-state index in [0.29, 0.717) is 12.0 Å². The molecule has 0 amide bonds. The summed E-state index contributed by atoms with van der Waals surface area (Å²) in [5, 5.41) is 8.91. The highest BCUT2D eigenvalue weighted by molar-refractivity contribution is 5.04. The van der Waals surface area contributed by atoms with Crippen LogP contribution in [0.15, 0.2) is 0 Å². The van der Waals surface area contributed by atoms with E-state index >= 15 is 0 Å². The Labute approximate surface area is 67.8 Å². The predicted molar refractivity (Wildman–Crippen MR) is 42.9 cm³/mol. The van der Waals surface area contributed by atoms with Crippen molar-refractivity contribution in [3.05, 3.63) is 0 Å². The third kappa shape index (κ3) is 1.14. The molecule has 0 bridgehead atoms. The predicted octanol–water partition coefficient (Wildman–Crippen LogP) is 1.24. The maximum absolute atomic E-state index is 8.91. The van der Waals surface area contributed by atoms with E-state index in [4.69, 9.17) is 5.26 Å². The molecule has 1 aliphatic heterocycles. The van der Waals surface area contributed by atoms with E-state index in [0.717, 1.165) is 5.92 Å². The Morgan fingerprint density at radius 2 is 2.18 bits per heavy atom. The molecule has 1 aliphatic carbocycles. The van der Waals surface area contributed by atoms with Crippen molar-refractivity contribution in [2.45, 2.75) is 25.3 Å². The summed E-state index contributed by atoms with van der Waals surface area (Å²) in [6.45, 7) is 1.19. The second kappa shape index (κ2) is 2.49. The number of likely N-dealkylation sites (tertiary alicyclic amines) is 1. The van der Waals surface area contributed by atoms with E-state index in [-0.39, 0.29) is 0 Å². The van der Waals surface area contributed by atoms with Gasteiger partial charge in [-0.2, -0.15) is 5.26 Å². The van der Waals surface area contributed by atoms with Crippen molar-refractivity contribution in [2.75, 3.05) is 13.6 Å². The van der Waals surface area contributed by atoms with Crippen LogP contribution in [0.4, 0.5) is 0 Å². The fourth-order valence-electron chi connectivity index (χ4n) is 1.95. The van der Waals surface area contributed by atoms with Crippen molar-refractivity contribution >= 4 is 0 Å². The lowest BCUT2D eigenvalue weighted by atomic mass is 9.87. The van der Waals surface area contributed by atoms with Crippen LogP contribution in [0.5, 0.6) is 0 Å². The molecule has 2 rings (SSSR count). The monoisotopic (exact) mass is 150 g/mol. The lowest BCUT2D eigenvalue weighted by Crippen LogP contribution is -2.49. The number of rotatable bonds is 2. The first-order chi connectivity index (χ1) is 5.33. The van der Waals surface area contributed by atoms with Crippen LogP contribution in [0.2, 0.25) is 0 Å². The first-order valence-electron chi connectivity index (χ1n) is 4.43. The third-order valence-corrected chi connectivity index (χ3v) is 3.04. The fourth-order valence-corrected chi connectivity index (χ4v) is 1.95. The maximum Gasteiger partial charge on any atom is 0.0675 e. The van der Waals surface area contributed by atoms with Crippen LogP contribution in [0.3, 0.4) is 0 Å². The zero-order valence-electron chi connectivity index (χ0n) is 6.95. The molecule has 0 aromatic rings. The Kier molecular flexibility index (Phi) is 1.61. The lowest BCUT2D eigenvalue weighted by Gasteiger charge is -2.40. The standard InChI is InChI=1S/C9H14N2/c1-11-5-4-9(11)8(6-10)7-2-3-7/h7-9H,2-5H2,1H3. The zero-order chi connectivity index (χ0) is 7.84. The second-order valence-corrected chi connectivity index (χ2v) is 3.83. The minimum Gasteiger partial charge on any atom is -0.302 e. The van der Waals surface area contributed by atoms with Crippen LogP contribution >= 0.6 is 0 Å². The van der Waals surface area contributed by atoms with Crippen LogP contribution in [0, 0.1) is 23.2 Å². The summed E-state index contributed by atoms with van der Waals surface area (Å²) in [5.41, 5.74) is 0. The van der Waals surface area contributed by atoms with Gasteiger partial charge in [0.15, 0.2) is 0 Å². The molecule has 2 atom stereocenters. The van der Waals surface area contributed by atoms with Gasteiger partial charge in [-0.25, -0.2) is 0 Å². The molecule has 1 heterocycles. The molecule has 0 aromatic carbocycles. The summed E-state index contributed by atoms with van der Waals surface area (Å²) in [6, 6.07) is 3.04. The summed E-state index contributed by atoms with van der Waals surface area (Å²) < 4.78 is 0. The van der Waals surface area contributed by atoms with Gasteiger partial charge in [0, 0.05) is 6.04 Å². The van der Waals surface area contributed by atoms with E-state index in [1.165, 1.54) is 25.8 Å². The highest BCUT2D eigenvalue weighted by Crippen LogP contribution is 2.41. The summed E-state index contributed by atoms with van der Waals surface area (Å²) in [4.78, 5) is 2.31. The lowest BCUT2D eigenvalue weighted by molar-refractivity contribution is 0.0850. The van der Waals surface area contributed by atoms with Gasteiger partial charge >= 0.3 is 0 Å². The number of hydrogen-bond acceptors (Lipinski definition) is 2. The largest absolute Gasteiger partial charge is 0.302 e. The molecule has 0 radical (unpaired) electrons. The molecule has 60 valence electrons. The fraction of sp³-hybridized carbons (Fsp3) is 0.889. The van der Waals surface area contributed by atoms with Crippen molar-refractivity contribution in [3.63, 3.8) is 0 Å². The number of nitrogens with zero attached hydrogens (tertiary/aromatic N) is 2. The second-order valence-electron chi connectivity index (χ2n) is 3.83. The molecule has 0 N–H and O–H groups in total. The first-order valence-corrected chi connectivity index (χ1v) is 4.43. The molecule has 1 saturated carbocycles. The normalized spacial score (nSPS) is 34.0. The van der Waals surface area contributed by atoms with E-state index in [2.05, 4.69) is 18.0 Å².